The first-order valence-electron chi connectivity index (χ1n) is 6.92. The van der Waals surface area contributed by atoms with Crippen molar-refractivity contribution in [3.63, 3.8) is 0 Å². The summed E-state index contributed by atoms with van der Waals surface area (Å²) in [6.45, 7) is 0. The second-order valence-corrected chi connectivity index (χ2v) is 6.11. The van der Waals surface area contributed by atoms with Crippen LogP contribution in [0.4, 0.5) is 23.7 Å². The molecule has 2 amide bonds. The molecule has 0 spiro atoms. The second-order valence-electron chi connectivity index (χ2n) is 5.68. The number of hydrogen-bond donors (Lipinski definition) is 2. The number of halogens is 4. The molecule has 8 heteroatoms. The van der Waals surface area contributed by atoms with Crippen molar-refractivity contribution in [3.8, 4) is 5.75 Å². The van der Waals surface area contributed by atoms with Gasteiger partial charge in [-0.15, -0.1) is 0 Å². The summed E-state index contributed by atoms with van der Waals surface area (Å²) in [5.41, 5.74) is 0.225. The minimum absolute atomic E-state index is 0.0303. The number of nitrogens with one attached hydrogen (secondary N) is 1. The number of rotatable bonds is 1. The predicted molar refractivity (Wildman–Crippen MR) is 75.1 cm³/mol. The number of anilines is 1. The van der Waals surface area contributed by atoms with Crippen LogP contribution in [0.3, 0.4) is 0 Å². The summed E-state index contributed by atoms with van der Waals surface area (Å²) in [6.07, 6.45) is -4.20. The maximum absolute atomic E-state index is 12.8. The van der Waals surface area contributed by atoms with Crippen LogP contribution in [-0.2, 0) is 0 Å². The highest BCUT2D eigenvalue weighted by atomic mass is 35.5. The van der Waals surface area contributed by atoms with Crippen LogP contribution in [-0.4, -0.2) is 29.4 Å². The number of hydrogen-bond acceptors (Lipinski definition) is 2. The van der Waals surface area contributed by atoms with Crippen LogP contribution >= 0.6 is 11.6 Å². The molecule has 1 aliphatic heterocycles. The van der Waals surface area contributed by atoms with Gasteiger partial charge in [0, 0.05) is 5.02 Å². The summed E-state index contributed by atoms with van der Waals surface area (Å²) in [6, 6.07) is 2.79. The van der Waals surface area contributed by atoms with E-state index < -0.39 is 30.2 Å². The van der Waals surface area contributed by atoms with Crippen molar-refractivity contribution >= 4 is 23.3 Å². The number of urea groups is 1. The molecular weight excluding hydrogens is 321 g/mol. The number of carbonyl (C=O) groups excluding carboxylic acids is 1. The van der Waals surface area contributed by atoms with Crippen LogP contribution in [0, 0.1) is 5.92 Å². The number of phenolic OH excluding ortho intramolecular Hbond substituents is 1. The number of carbonyl (C=O) groups is 1. The minimum atomic E-state index is -4.25. The Kier molecular flexibility index (Phi) is 3.63. The van der Waals surface area contributed by atoms with Crippen LogP contribution in [0.15, 0.2) is 18.2 Å². The van der Waals surface area contributed by atoms with E-state index in [9.17, 15) is 23.1 Å². The van der Waals surface area contributed by atoms with Gasteiger partial charge >= 0.3 is 12.2 Å². The third-order valence-electron chi connectivity index (χ3n) is 4.33. The van der Waals surface area contributed by atoms with Gasteiger partial charge in [0.2, 0.25) is 0 Å². The van der Waals surface area contributed by atoms with Crippen molar-refractivity contribution in [2.45, 2.75) is 37.5 Å². The monoisotopic (exact) mass is 334 g/mol. The molecule has 1 saturated carbocycles. The molecule has 1 aromatic rings. The normalized spacial score (nSPS) is 28.5. The first-order valence-corrected chi connectivity index (χ1v) is 7.30. The van der Waals surface area contributed by atoms with Crippen LogP contribution in [0.5, 0.6) is 5.75 Å². The fraction of sp³-hybridized carbons (Fsp3) is 0.500. The van der Waals surface area contributed by atoms with E-state index in [0.717, 1.165) is 0 Å². The highest BCUT2D eigenvalue weighted by Crippen LogP contribution is 2.43. The van der Waals surface area contributed by atoms with Crippen molar-refractivity contribution in [2.24, 2.45) is 5.92 Å². The van der Waals surface area contributed by atoms with E-state index in [-0.39, 0.29) is 30.7 Å². The zero-order valence-electron chi connectivity index (χ0n) is 11.4. The number of benzene rings is 1. The lowest BCUT2D eigenvalue weighted by molar-refractivity contribution is -0.183. The topological polar surface area (TPSA) is 52.6 Å². The van der Waals surface area contributed by atoms with Crippen molar-refractivity contribution in [1.82, 2.24) is 5.32 Å². The Balaban J connectivity index is 1.87. The van der Waals surface area contributed by atoms with E-state index in [1.165, 1.54) is 23.1 Å². The van der Waals surface area contributed by atoms with Gasteiger partial charge in [-0.05, 0) is 37.5 Å². The van der Waals surface area contributed by atoms with Gasteiger partial charge in [-0.2, -0.15) is 13.2 Å². The SMILES string of the molecule is O=C1NC2CC(C(F)(F)F)CCC2N1c1cc(Cl)ccc1O. The predicted octanol–water partition coefficient (Wildman–Crippen LogP) is 3.67. The van der Waals surface area contributed by atoms with Gasteiger partial charge in [0.05, 0.1) is 23.7 Å². The summed E-state index contributed by atoms with van der Waals surface area (Å²) in [7, 11) is 0. The van der Waals surface area contributed by atoms with Gasteiger partial charge < -0.3 is 10.4 Å². The molecule has 120 valence electrons. The zero-order valence-corrected chi connectivity index (χ0v) is 12.2. The Morgan fingerprint density at radius 2 is 2.05 bits per heavy atom. The van der Waals surface area contributed by atoms with Crippen molar-refractivity contribution < 1.29 is 23.1 Å². The Hall–Kier alpha value is -1.63. The number of fused-ring (bicyclic) bond motifs is 1. The van der Waals surface area contributed by atoms with Gasteiger partial charge in [-0.3, -0.25) is 4.90 Å². The molecule has 1 aromatic carbocycles. The molecule has 0 bridgehead atoms. The summed E-state index contributed by atoms with van der Waals surface area (Å²) >= 11 is 5.88. The Morgan fingerprint density at radius 3 is 2.73 bits per heavy atom. The molecule has 3 rings (SSSR count). The van der Waals surface area contributed by atoms with E-state index in [1.54, 1.807) is 0 Å². The highest BCUT2D eigenvalue weighted by molar-refractivity contribution is 6.31. The molecule has 0 aromatic heterocycles. The summed E-state index contributed by atoms with van der Waals surface area (Å²) in [4.78, 5) is 13.5. The van der Waals surface area contributed by atoms with E-state index >= 15 is 0 Å². The van der Waals surface area contributed by atoms with Crippen molar-refractivity contribution in [1.29, 1.82) is 0 Å². The summed E-state index contributed by atoms with van der Waals surface area (Å²) < 4.78 is 38.5. The van der Waals surface area contributed by atoms with Gasteiger partial charge in [-0.25, -0.2) is 4.79 Å². The number of nitrogens with zero attached hydrogens (tertiary/aromatic N) is 1. The minimum Gasteiger partial charge on any atom is -0.506 e. The van der Waals surface area contributed by atoms with Crippen LogP contribution < -0.4 is 10.2 Å². The average Bonchev–Trinajstić information content (AvgIpc) is 2.75. The van der Waals surface area contributed by atoms with Crippen LogP contribution in [0.1, 0.15) is 19.3 Å². The van der Waals surface area contributed by atoms with Gasteiger partial charge in [-0.1, -0.05) is 11.6 Å². The smallest absolute Gasteiger partial charge is 0.391 e. The van der Waals surface area contributed by atoms with Gasteiger partial charge in [0.1, 0.15) is 5.75 Å². The number of alkyl halides is 3. The zero-order chi connectivity index (χ0) is 16.1. The number of amides is 2. The lowest BCUT2D eigenvalue weighted by Gasteiger charge is -2.35. The molecule has 4 nitrogen and oxygen atoms in total. The van der Waals surface area contributed by atoms with Crippen LogP contribution in [0.25, 0.3) is 0 Å². The summed E-state index contributed by atoms with van der Waals surface area (Å²) in [5, 5.41) is 12.9. The third-order valence-corrected chi connectivity index (χ3v) is 4.57. The average molecular weight is 335 g/mol. The number of aromatic hydroxyl groups is 1. The molecule has 2 fully saturated rings. The summed E-state index contributed by atoms with van der Waals surface area (Å²) in [5.74, 6) is -1.53. The maximum atomic E-state index is 12.8. The fourth-order valence-corrected chi connectivity index (χ4v) is 3.44. The van der Waals surface area contributed by atoms with E-state index in [1.807, 2.05) is 0 Å². The molecule has 3 atom stereocenters. The Labute approximate surface area is 129 Å². The first-order chi connectivity index (χ1) is 10.3. The molecule has 22 heavy (non-hydrogen) atoms. The highest BCUT2D eigenvalue weighted by Gasteiger charge is 2.50. The standard InChI is InChI=1S/C14H14ClF3N2O2/c15-8-2-4-12(21)11(6-8)20-10-3-1-7(14(16,17)18)5-9(10)19-13(20)22/h2,4,6-7,9-10,21H,1,3,5H2,(H,19,22). The second kappa shape index (κ2) is 5.22. The maximum Gasteiger partial charge on any atom is 0.391 e. The Bertz CT molecular complexity index is 608. The molecule has 1 aliphatic carbocycles. The quantitative estimate of drug-likeness (QED) is 0.823. The molecule has 0 radical (unpaired) electrons. The van der Waals surface area contributed by atoms with Crippen LogP contribution in [0.2, 0.25) is 5.02 Å². The van der Waals surface area contributed by atoms with Crippen molar-refractivity contribution in [2.75, 3.05) is 4.90 Å². The van der Waals surface area contributed by atoms with Crippen molar-refractivity contribution in [3.05, 3.63) is 23.2 Å². The van der Waals surface area contributed by atoms with E-state index in [4.69, 9.17) is 11.6 Å². The molecular formula is C14H14ClF3N2O2. The lowest BCUT2D eigenvalue weighted by atomic mass is 9.82. The third kappa shape index (κ3) is 2.58. The lowest BCUT2D eigenvalue weighted by Crippen LogP contribution is -2.44. The van der Waals surface area contributed by atoms with Gasteiger partial charge in [0.25, 0.3) is 0 Å². The largest absolute Gasteiger partial charge is 0.506 e. The number of phenols is 1. The van der Waals surface area contributed by atoms with Gasteiger partial charge in [0.15, 0.2) is 0 Å². The fourth-order valence-electron chi connectivity index (χ4n) is 3.27. The molecule has 1 heterocycles. The van der Waals surface area contributed by atoms with E-state index in [2.05, 4.69) is 5.32 Å². The first kappa shape index (κ1) is 15.3. The molecule has 1 saturated heterocycles. The molecule has 2 N–H and O–H groups in total. The van der Waals surface area contributed by atoms with E-state index in [0.29, 0.717) is 5.02 Å². The molecule has 2 aliphatic rings. The molecule has 3 unspecified atom stereocenters. The Morgan fingerprint density at radius 1 is 1.32 bits per heavy atom.